The van der Waals surface area contributed by atoms with Gasteiger partial charge >= 0.3 is 0 Å². The highest BCUT2D eigenvalue weighted by Crippen LogP contribution is 2.31. The van der Waals surface area contributed by atoms with Crippen LogP contribution in [-0.4, -0.2) is 43.0 Å². The Hall–Kier alpha value is -0.610. The van der Waals surface area contributed by atoms with Crippen molar-refractivity contribution >= 4 is 5.91 Å². The van der Waals surface area contributed by atoms with Crippen molar-refractivity contribution in [2.75, 3.05) is 26.7 Å². The fourth-order valence-corrected chi connectivity index (χ4v) is 3.66. The molecule has 0 radical (unpaired) electrons. The van der Waals surface area contributed by atoms with Crippen molar-refractivity contribution < 1.29 is 4.79 Å². The number of amides is 1. The van der Waals surface area contributed by atoms with Gasteiger partial charge in [-0.25, -0.2) is 0 Å². The third kappa shape index (κ3) is 4.19. The van der Waals surface area contributed by atoms with Crippen LogP contribution in [0.5, 0.6) is 0 Å². The van der Waals surface area contributed by atoms with Crippen LogP contribution in [0.15, 0.2) is 0 Å². The van der Waals surface area contributed by atoms with Crippen LogP contribution in [0.4, 0.5) is 0 Å². The Labute approximate surface area is 123 Å². The highest BCUT2D eigenvalue weighted by molar-refractivity contribution is 5.80. The lowest BCUT2D eigenvalue weighted by molar-refractivity contribution is -0.128. The van der Waals surface area contributed by atoms with Gasteiger partial charge in [-0.15, -0.1) is 0 Å². The average molecular weight is 281 g/mol. The molecule has 1 aliphatic heterocycles. The van der Waals surface area contributed by atoms with Gasteiger partial charge in [0.2, 0.25) is 5.91 Å². The van der Waals surface area contributed by atoms with E-state index in [4.69, 9.17) is 5.73 Å². The highest BCUT2D eigenvalue weighted by atomic mass is 16.1. The lowest BCUT2D eigenvalue weighted by Gasteiger charge is -2.37. The van der Waals surface area contributed by atoms with Gasteiger partial charge in [-0.05, 0) is 65.1 Å². The Morgan fingerprint density at radius 3 is 2.65 bits per heavy atom. The van der Waals surface area contributed by atoms with Crippen LogP contribution in [0.3, 0.4) is 0 Å². The molecule has 2 unspecified atom stereocenters. The van der Waals surface area contributed by atoms with Crippen LogP contribution in [-0.2, 0) is 4.79 Å². The molecule has 0 aromatic carbocycles. The number of rotatable bonds is 4. The second-order valence-corrected chi connectivity index (χ2v) is 7.13. The largest absolute Gasteiger partial charge is 0.356 e. The van der Waals surface area contributed by atoms with E-state index in [1.807, 2.05) is 6.92 Å². The topological polar surface area (TPSA) is 58.4 Å². The predicted octanol–water partition coefficient (Wildman–Crippen LogP) is 1.74. The Balaban J connectivity index is 1.69. The summed E-state index contributed by atoms with van der Waals surface area (Å²) in [4.78, 5) is 14.7. The first kappa shape index (κ1) is 15.8. The molecule has 1 aliphatic carbocycles. The quantitative estimate of drug-likeness (QED) is 0.825. The Morgan fingerprint density at radius 1 is 1.30 bits per heavy atom. The number of piperidine rings is 1. The van der Waals surface area contributed by atoms with E-state index in [1.165, 1.54) is 25.9 Å². The standard InChI is InChI=1S/C16H31N3O/c1-16(17)9-4-3-5-14(16)15(20)18-10-6-13-7-11-19(2)12-8-13/h13-14H,3-12,17H2,1-2H3,(H,18,20). The minimum absolute atomic E-state index is 0.00809. The van der Waals surface area contributed by atoms with Gasteiger partial charge in [-0.1, -0.05) is 12.8 Å². The number of carbonyl (C=O) groups is 1. The molecule has 0 spiro atoms. The molecule has 1 heterocycles. The summed E-state index contributed by atoms with van der Waals surface area (Å²) in [6.45, 7) is 5.25. The van der Waals surface area contributed by atoms with Crippen molar-refractivity contribution in [1.29, 1.82) is 0 Å². The summed E-state index contributed by atoms with van der Waals surface area (Å²) in [6, 6.07) is 0. The molecule has 3 N–H and O–H groups in total. The van der Waals surface area contributed by atoms with Gasteiger partial charge in [0.05, 0.1) is 5.92 Å². The van der Waals surface area contributed by atoms with Crippen LogP contribution < -0.4 is 11.1 Å². The SMILES string of the molecule is CN1CCC(CCNC(=O)C2CCCCC2(C)N)CC1. The zero-order valence-corrected chi connectivity index (χ0v) is 13.2. The first-order valence-corrected chi connectivity index (χ1v) is 8.24. The molecule has 0 bridgehead atoms. The number of likely N-dealkylation sites (tertiary alicyclic amines) is 1. The van der Waals surface area contributed by atoms with E-state index in [0.717, 1.165) is 44.6 Å². The van der Waals surface area contributed by atoms with Crippen molar-refractivity contribution in [3.8, 4) is 0 Å². The Kier molecular flexibility index (Phi) is 5.44. The fraction of sp³-hybridized carbons (Fsp3) is 0.938. The van der Waals surface area contributed by atoms with Gasteiger partial charge in [-0.3, -0.25) is 4.79 Å². The van der Waals surface area contributed by atoms with Crippen LogP contribution in [0, 0.1) is 11.8 Å². The van der Waals surface area contributed by atoms with Crippen LogP contribution in [0.25, 0.3) is 0 Å². The summed E-state index contributed by atoms with van der Waals surface area (Å²) in [5.74, 6) is 0.971. The van der Waals surface area contributed by atoms with Gasteiger partial charge in [-0.2, -0.15) is 0 Å². The minimum atomic E-state index is -0.310. The lowest BCUT2D eigenvalue weighted by atomic mass is 9.74. The number of hydrogen-bond acceptors (Lipinski definition) is 3. The van der Waals surface area contributed by atoms with E-state index >= 15 is 0 Å². The predicted molar refractivity (Wildman–Crippen MR) is 82.4 cm³/mol. The highest BCUT2D eigenvalue weighted by Gasteiger charge is 2.37. The maximum Gasteiger partial charge on any atom is 0.224 e. The first-order valence-electron chi connectivity index (χ1n) is 8.24. The minimum Gasteiger partial charge on any atom is -0.356 e. The zero-order valence-electron chi connectivity index (χ0n) is 13.2. The zero-order chi connectivity index (χ0) is 14.6. The molecule has 2 fully saturated rings. The molecule has 2 rings (SSSR count). The summed E-state index contributed by atoms with van der Waals surface area (Å²) in [5.41, 5.74) is 5.98. The van der Waals surface area contributed by atoms with Gasteiger partial charge in [0.25, 0.3) is 0 Å². The molecule has 2 aliphatic rings. The molecule has 4 heteroatoms. The number of nitrogens with zero attached hydrogens (tertiary/aromatic N) is 1. The van der Waals surface area contributed by atoms with Gasteiger partial charge in [0.15, 0.2) is 0 Å². The molecule has 1 saturated heterocycles. The van der Waals surface area contributed by atoms with Crippen LogP contribution >= 0.6 is 0 Å². The Morgan fingerprint density at radius 2 is 2.00 bits per heavy atom. The molecule has 1 saturated carbocycles. The number of nitrogens with two attached hydrogens (primary N) is 1. The average Bonchev–Trinajstić information content (AvgIpc) is 2.40. The van der Waals surface area contributed by atoms with E-state index in [1.54, 1.807) is 0 Å². The smallest absolute Gasteiger partial charge is 0.224 e. The van der Waals surface area contributed by atoms with Crippen molar-refractivity contribution in [1.82, 2.24) is 10.2 Å². The third-order valence-electron chi connectivity index (χ3n) is 5.26. The summed E-state index contributed by atoms with van der Waals surface area (Å²) >= 11 is 0. The van der Waals surface area contributed by atoms with Crippen molar-refractivity contribution in [3.05, 3.63) is 0 Å². The van der Waals surface area contributed by atoms with Gasteiger partial charge in [0, 0.05) is 12.1 Å². The second-order valence-electron chi connectivity index (χ2n) is 7.13. The van der Waals surface area contributed by atoms with E-state index in [2.05, 4.69) is 17.3 Å². The fourth-order valence-electron chi connectivity index (χ4n) is 3.66. The molecular weight excluding hydrogens is 250 g/mol. The van der Waals surface area contributed by atoms with E-state index in [0.29, 0.717) is 0 Å². The molecule has 0 aromatic rings. The third-order valence-corrected chi connectivity index (χ3v) is 5.26. The molecule has 116 valence electrons. The van der Waals surface area contributed by atoms with E-state index in [9.17, 15) is 4.79 Å². The molecular formula is C16H31N3O. The van der Waals surface area contributed by atoms with Crippen molar-refractivity contribution in [2.24, 2.45) is 17.6 Å². The maximum atomic E-state index is 12.3. The Bertz CT molecular complexity index is 322. The molecule has 4 nitrogen and oxygen atoms in total. The van der Waals surface area contributed by atoms with Crippen LogP contribution in [0.2, 0.25) is 0 Å². The van der Waals surface area contributed by atoms with Gasteiger partial charge < -0.3 is 16.0 Å². The molecule has 0 aromatic heterocycles. The van der Waals surface area contributed by atoms with Gasteiger partial charge in [0.1, 0.15) is 0 Å². The van der Waals surface area contributed by atoms with E-state index in [-0.39, 0.29) is 17.4 Å². The van der Waals surface area contributed by atoms with Crippen molar-refractivity contribution in [2.45, 2.75) is 57.4 Å². The molecule has 2 atom stereocenters. The molecule has 1 amide bonds. The number of carbonyl (C=O) groups excluding carboxylic acids is 1. The lowest BCUT2D eigenvalue weighted by Crippen LogP contribution is -2.53. The summed E-state index contributed by atoms with van der Waals surface area (Å²) in [5, 5.41) is 3.13. The first-order chi connectivity index (χ1) is 9.49. The maximum absolute atomic E-state index is 12.3. The monoisotopic (exact) mass is 281 g/mol. The van der Waals surface area contributed by atoms with Crippen molar-refractivity contribution in [3.63, 3.8) is 0 Å². The second kappa shape index (κ2) is 6.90. The summed E-state index contributed by atoms with van der Waals surface area (Å²) in [6.07, 6.45) is 7.88. The summed E-state index contributed by atoms with van der Waals surface area (Å²) in [7, 11) is 2.18. The summed E-state index contributed by atoms with van der Waals surface area (Å²) < 4.78 is 0. The van der Waals surface area contributed by atoms with Crippen LogP contribution in [0.1, 0.15) is 51.9 Å². The van der Waals surface area contributed by atoms with E-state index < -0.39 is 0 Å². The number of nitrogens with one attached hydrogen (secondary N) is 1. The number of hydrogen-bond donors (Lipinski definition) is 2. The normalized spacial score (nSPS) is 33.0. The molecule has 20 heavy (non-hydrogen) atoms.